The van der Waals surface area contributed by atoms with Crippen LogP contribution in [-0.2, 0) is 4.79 Å². The summed E-state index contributed by atoms with van der Waals surface area (Å²) in [4.78, 5) is 29.7. The summed E-state index contributed by atoms with van der Waals surface area (Å²) in [6, 6.07) is 13.7. The van der Waals surface area contributed by atoms with Crippen LogP contribution in [0.1, 0.15) is 5.56 Å². The number of amides is 1. The first-order valence-electron chi connectivity index (χ1n) is 7.10. The number of rotatable bonds is 4. The summed E-state index contributed by atoms with van der Waals surface area (Å²) in [6.45, 7) is 1.84. The van der Waals surface area contributed by atoms with Gasteiger partial charge in [0.15, 0.2) is 0 Å². The number of nitrogens with zero attached hydrogens (tertiary/aromatic N) is 1. The lowest BCUT2D eigenvalue weighted by Gasteiger charge is -2.09. The summed E-state index contributed by atoms with van der Waals surface area (Å²) in [5.41, 5.74) is 1.22. The maximum atomic E-state index is 12.2. The van der Waals surface area contributed by atoms with Crippen LogP contribution in [0.2, 0.25) is 0 Å². The molecule has 0 aliphatic heterocycles. The van der Waals surface area contributed by atoms with Crippen molar-refractivity contribution >= 4 is 34.1 Å². The summed E-state index contributed by atoms with van der Waals surface area (Å²) in [6.07, 6.45) is 1.50. The average molecular weight is 325 g/mol. The van der Waals surface area contributed by atoms with E-state index < -0.39 is 5.69 Å². The lowest BCUT2D eigenvalue weighted by molar-refractivity contribution is -0.113. The second-order valence-electron chi connectivity index (χ2n) is 5.06. The van der Waals surface area contributed by atoms with Crippen molar-refractivity contribution < 1.29 is 4.79 Å². The minimum absolute atomic E-state index is 0.122. The number of H-pyrrole nitrogens is 1. The van der Waals surface area contributed by atoms with Gasteiger partial charge in [0.05, 0.1) is 10.8 Å². The quantitative estimate of drug-likeness (QED) is 0.571. The van der Waals surface area contributed by atoms with Crippen LogP contribution in [0.15, 0.2) is 58.5 Å². The van der Waals surface area contributed by atoms with E-state index in [9.17, 15) is 9.59 Å². The number of aryl methyl sites for hydroxylation is 1. The molecule has 0 spiro atoms. The maximum absolute atomic E-state index is 12.2. The van der Waals surface area contributed by atoms with E-state index in [1.165, 1.54) is 18.0 Å². The van der Waals surface area contributed by atoms with Crippen molar-refractivity contribution in [3.63, 3.8) is 0 Å². The number of benzene rings is 2. The Morgan fingerprint density at radius 3 is 2.87 bits per heavy atom. The van der Waals surface area contributed by atoms with Gasteiger partial charge in [-0.2, -0.15) is 0 Å². The molecule has 0 aliphatic rings. The number of aromatic amines is 1. The Morgan fingerprint density at radius 1 is 1.22 bits per heavy atom. The number of thioether (sulfide) groups is 1. The number of carbonyl (C=O) groups is 1. The second kappa shape index (κ2) is 6.66. The zero-order chi connectivity index (χ0) is 16.2. The number of hydrogen-bond donors (Lipinski definition) is 2. The van der Waals surface area contributed by atoms with Gasteiger partial charge in [0, 0.05) is 17.3 Å². The first-order chi connectivity index (χ1) is 11.1. The molecule has 1 amide bonds. The zero-order valence-corrected chi connectivity index (χ0v) is 13.3. The molecule has 3 rings (SSSR count). The van der Waals surface area contributed by atoms with Crippen LogP contribution in [0.3, 0.4) is 0 Å². The van der Waals surface area contributed by atoms with E-state index in [0.29, 0.717) is 5.03 Å². The normalized spacial score (nSPS) is 10.7. The molecule has 3 aromatic rings. The molecule has 0 atom stereocenters. The van der Waals surface area contributed by atoms with Gasteiger partial charge in [-0.3, -0.25) is 4.79 Å². The highest BCUT2D eigenvalue weighted by molar-refractivity contribution is 8.00. The molecular weight excluding hydrogens is 310 g/mol. The minimum Gasteiger partial charge on any atom is -0.325 e. The van der Waals surface area contributed by atoms with E-state index in [2.05, 4.69) is 15.3 Å². The molecule has 0 unspecified atom stereocenters. The third-order valence-corrected chi connectivity index (χ3v) is 4.48. The minimum atomic E-state index is -0.410. The molecule has 0 saturated carbocycles. The highest BCUT2D eigenvalue weighted by atomic mass is 32.2. The predicted molar refractivity (Wildman–Crippen MR) is 92.9 cm³/mol. The Balaban J connectivity index is 1.72. The first kappa shape index (κ1) is 15.3. The Hall–Kier alpha value is -2.60. The molecule has 1 aromatic heterocycles. The van der Waals surface area contributed by atoms with Crippen LogP contribution in [-0.4, -0.2) is 21.6 Å². The fraction of sp³-hybridized carbons (Fsp3) is 0.118. The van der Waals surface area contributed by atoms with Gasteiger partial charge in [0.1, 0.15) is 0 Å². The van der Waals surface area contributed by atoms with Gasteiger partial charge in [-0.25, -0.2) is 9.78 Å². The summed E-state index contributed by atoms with van der Waals surface area (Å²) in [5, 5.41) is 5.66. The van der Waals surface area contributed by atoms with Gasteiger partial charge in [-0.1, -0.05) is 48.2 Å². The van der Waals surface area contributed by atoms with Gasteiger partial charge in [-0.15, -0.1) is 0 Å². The highest BCUT2D eigenvalue weighted by Gasteiger charge is 2.08. The van der Waals surface area contributed by atoms with Crippen LogP contribution in [0.25, 0.3) is 10.8 Å². The van der Waals surface area contributed by atoms with E-state index in [1.54, 1.807) is 0 Å². The molecule has 2 N–H and O–H groups in total. The van der Waals surface area contributed by atoms with Gasteiger partial charge in [0.2, 0.25) is 5.91 Å². The Bertz CT molecular complexity index is 916. The fourth-order valence-electron chi connectivity index (χ4n) is 2.25. The molecule has 0 fully saturated rings. The molecular formula is C17H15N3O2S. The molecule has 23 heavy (non-hydrogen) atoms. The van der Waals surface area contributed by atoms with Crippen LogP contribution in [0.4, 0.5) is 5.69 Å². The largest absolute Gasteiger partial charge is 0.345 e. The topological polar surface area (TPSA) is 74.8 Å². The Labute approximate surface area is 137 Å². The molecule has 2 aromatic carbocycles. The van der Waals surface area contributed by atoms with Gasteiger partial charge in [0.25, 0.3) is 0 Å². The van der Waals surface area contributed by atoms with E-state index in [4.69, 9.17) is 0 Å². The van der Waals surface area contributed by atoms with Crippen LogP contribution < -0.4 is 11.0 Å². The molecule has 0 aliphatic carbocycles. The van der Waals surface area contributed by atoms with Crippen molar-refractivity contribution in [3.8, 4) is 0 Å². The molecule has 116 valence electrons. The zero-order valence-electron chi connectivity index (χ0n) is 12.5. The van der Waals surface area contributed by atoms with E-state index >= 15 is 0 Å². The van der Waals surface area contributed by atoms with Gasteiger partial charge >= 0.3 is 5.69 Å². The van der Waals surface area contributed by atoms with Crippen LogP contribution in [0, 0.1) is 6.92 Å². The first-order valence-corrected chi connectivity index (χ1v) is 8.08. The molecule has 0 saturated heterocycles. The number of aromatic nitrogens is 2. The molecule has 1 heterocycles. The average Bonchev–Trinajstić information content (AvgIpc) is 2.56. The number of anilines is 1. The van der Waals surface area contributed by atoms with Gasteiger partial charge in [-0.05, 0) is 23.9 Å². The standard InChI is InChI=1S/C17H15N3O2S/c1-11-9-18-17(22)20-16(11)23-10-15(21)19-14-8-4-6-12-5-2-3-7-13(12)14/h2-9H,10H2,1H3,(H,19,21)(H,18,20,22). The van der Waals surface area contributed by atoms with Crippen molar-refractivity contribution in [3.05, 3.63) is 64.7 Å². The van der Waals surface area contributed by atoms with E-state index in [0.717, 1.165) is 22.0 Å². The summed E-state index contributed by atoms with van der Waals surface area (Å²) >= 11 is 1.29. The van der Waals surface area contributed by atoms with E-state index in [-0.39, 0.29) is 11.7 Å². The molecule has 0 radical (unpaired) electrons. The van der Waals surface area contributed by atoms with Crippen LogP contribution >= 0.6 is 11.8 Å². The molecule has 5 nitrogen and oxygen atoms in total. The highest BCUT2D eigenvalue weighted by Crippen LogP contribution is 2.24. The molecule has 6 heteroatoms. The third-order valence-electron chi connectivity index (χ3n) is 3.37. The predicted octanol–water partition coefficient (Wildman–Crippen LogP) is 2.96. The smallest absolute Gasteiger partial charge is 0.325 e. The van der Waals surface area contributed by atoms with E-state index in [1.807, 2.05) is 49.4 Å². The van der Waals surface area contributed by atoms with Crippen molar-refractivity contribution in [2.75, 3.05) is 11.1 Å². The summed E-state index contributed by atoms with van der Waals surface area (Å²) in [7, 11) is 0. The Kier molecular flexibility index (Phi) is 4.43. The lowest BCUT2D eigenvalue weighted by Crippen LogP contribution is -2.16. The second-order valence-corrected chi connectivity index (χ2v) is 6.05. The van der Waals surface area contributed by atoms with Crippen molar-refractivity contribution in [2.24, 2.45) is 0 Å². The number of carbonyl (C=O) groups excluding carboxylic acids is 1. The lowest BCUT2D eigenvalue weighted by atomic mass is 10.1. The number of fused-ring (bicyclic) bond motifs is 1. The van der Waals surface area contributed by atoms with Crippen molar-refractivity contribution in [1.82, 2.24) is 9.97 Å². The monoisotopic (exact) mass is 325 g/mol. The number of hydrogen-bond acceptors (Lipinski definition) is 4. The summed E-state index contributed by atoms with van der Waals surface area (Å²) < 4.78 is 0. The number of nitrogens with one attached hydrogen (secondary N) is 2. The molecule has 0 bridgehead atoms. The maximum Gasteiger partial charge on any atom is 0.345 e. The fourth-order valence-corrected chi connectivity index (χ4v) is 3.04. The van der Waals surface area contributed by atoms with Crippen molar-refractivity contribution in [2.45, 2.75) is 11.9 Å². The summed E-state index contributed by atoms with van der Waals surface area (Å²) in [5.74, 6) is 0.0905. The van der Waals surface area contributed by atoms with Crippen LogP contribution in [0.5, 0.6) is 0 Å². The third kappa shape index (κ3) is 3.60. The Morgan fingerprint density at radius 2 is 2.00 bits per heavy atom. The van der Waals surface area contributed by atoms with Gasteiger partial charge < -0.3 is 10.3 Å². The SMILES string of the molecule is Cc1cnc(=O)[nH]c1SCC(=O)Nc1cccc2ccccc12. The van der Waals surface area contributed by atoms with Crippen molar-refractivity contribution in [1.29, 1.82) is 0 Å².